The van der Waals surface area contributed by atoms with Crippen LogP contribution in [0.15, 0.2) is 24.4 Å². The monoisotopic (exact) mass is 391 g/mol. The Kier molecular flexibility index (Phi) is 5.88. The van der Waals surface area contributed by atoms with E-state index in [0.717, 1.165) is 5.69 Å². The van der Waals surface area contributed by atoms with E-state index in [4.69, 9.17) is 16.3 Å². The predicted molar refractivity (Wildman–Crippen MR) is 102 cm³/mol. The number of aromatic nitrogens is 3. The Balaban J connectivity index is 1.89. The van der Waals surface area contributed by atoms with Gasteiger partial charge < -0.3 is 15.0 Å². The molecule has 3 aromatic rings. The largest absolute Gasteiger partial charge is 0.492 e. The second-order valence-corrected chi connectivity index (χ2v) is 6.34. The Labute approximate surface area is 160 Å². The van der Waals surface area contributed by atoms with Crippen molar-refractivity contribution in [2.75, 3.05) is 32.1 Å². The van der Waals surface area contributed by atoms with E-state index >= 15 is 0 Å². The third-order valence-electron chi connectivity index (χ3n) is 4.14. The van der Waals surface area contributed by atoms with Crippen LogP contribution in [-0.2, 0) is 6.54 Å². The summed E-state index contributed by atoms with van der Waals surface area (Å²) in [5.74, 6) is 0.0158. The van der Waals surface area contributed by atoms with Crippen LogP contribution in [0.2, 0.25) is 5.02 Å². The number of likely N-dealkylation sites (N-methyl/N-ethyl adjacent to an activating group) is 1. The lowest BCUT2D eigenvalue weighted by Gasteiger charge is -2.22. The van der Waals surface area contributed by atoms with Gasteiger partial charge in [-0.05, 0) is 25.2 Å². The number of carbonyl (C=O) groups excluding carboxylic acids is 1. The second-order valence-electron chi connectivity index (χ2n) is 5.96. The number of halogens is 2. The van der Waals surface area contributed by atoms with Crippen molar-refractivity contribution in [3.8, 4) is 5.75 Å². The van der Waals surface area contributed by atoms with Crippen LogP contribution in [0.5, 0.6) is 5.75 Å². The molecule has 9 heteroatoms. The van der Waals surface area contributed by atoms with E-state index in [9.17, 15) is 9.18 Å². The van der Waals surface area contributed by atoms with Gasteiger partial charge in [0, 0.05) is 25.7 Å². The van der Waals surface area contributed by atoms with Crippen LogP contribution in [0.4, 0.5) is 10.1 Å². The maximum Gasteiger partial charge on any atom is 0.171 e. The highest BCUT2D eigenvalue weighted by Gasteiger charge is 2.17. The number of aldehydes is 1. The molecule has 7 nitrogen and oxygen atoms in total. The highest BCUT2D eigenvalue weighted by Crippen LogP contribution is 2.32. The summed E-state index contributed by atoms with van der Waals surface area (Å²) in [7, 11) is 3.64. The molecule has 0 aliphatic carbocycles. The molecule has 1 aromatic carbocycles. The molecule has 2 aromatic heterocycles. The Morgan fingerprint density at radius 1 is 1.44 bits per heavy atom. The van der Waals surface area contributed by atoms with Crippen molar-refractivity contribution < 1.29 is 13.9 Å². The Morgan fingerprint density at radius 3 is 3.00 bits per heavy atom. The molecule has 0 atom stereocenters. The molecule has 0 amide bonds. The van der Waals surface area contributed by atoms with Gasteiger partial charge in [0.1, 0.15) is 23.9 Å². The van der Waals surface area contributed by atoms with Crippen molar-refractivity contribution in [1.29, 1.82) is 0 Å². The topological polar surface area (TPSA) is 83.1 Å². The fourth-order valence-corrected chi connectivity index (χ4v) is 2.87. The van der Waals surface area contributed by atoms with Gasteiger partial charge in [-0.25, -0.2) is 9.37 Å². The number of pyridine rings is 1. The number of benzene rings is 1. The third-order valence-corrected chi connectivity index (χ3v) is 4.55. The molecule has 3 rings (SSSR count). The van der Waals surface area contributed by atoms with Crippen LogP contribution in [0, 0.1) is 5.82 Å². The van der Waals surface area contributed by atoms with Crippen molar-refractivity contribution in [2.45, 2.75) is 6.54 Å². The lowest BCUT2D eigenvalue weighted by Crippen LogP contribution is -2.20. The summed E-state index contributed by atoms with van der Waals surface area (Å²) in [6, 6.07) is 4.66. The van der Waals surface area contributed by atoms with Crippen molar-refractivity contribution in [3.63, 3.8) is 0 Å². The fourth-order valence-electron chi connectivity index (χ4n) is 2.66. The zero-order chi connectivity index (χ0) is 19.4. The third kappa shape index (κ3) is 4.01. The summed E-state index contributed by atoms with van der Waals surface area (Å²) in [5, 5.41) is 10.2. The molecule has 0 spiro atoms. The summed E-state index contributed by atoms with van der Waals surface area (Å²) < 4.78 is 19.7. The second kappa shape index (κ2) is 8.32. The Hall–Kier alpha value is -2.71. The zero-order valence-corrected chi connectivity index (χ0v) is 15.7. The number of rotatable bonds is 8. The van der Waals surface area contributed by atoms with E-state index in [1.54, 1.807) is 18.3 Å². The number of hydrogen-bond acceptors (Lipinski definition) is 6. The van der Waals surface area contributed by atoms with E-state index < -0.39 is 5.82 Å². The maximum absolute atomic E-state index is 14.0. The quantitative estimate of drug-likeness (QED) is 0.454. The molecule has 2 heterocycles. The molecule has 142 valence electrons. The van der Waals surface area contributed by atoms with Gasteiger partial charge >= 0.3 is 0 Å². The minimum absolute atomic E-state index is 0.0229. The van der Waals surface area contributed by atoms with Gasteiger partial charge in [-0.2, -0.15) is 5.10 Å². The number of aromatic amines is 1. The minimum Gasteiger partial charge on any atom is -0.492 e. The summed E-state index contributed by atoms with van der Waals surface area (Å²) >= 11 is 6.19. The van der Waals surface area contributed by atoms with Crippen LogP contribution in [0.1, 0.15) is 16.1 Å². The first kappa shape index (κ1) is 19.1. The summed E-state index contributed by atoms with van der Waals surface area (Å²) in [6.07, 6.45) is 2.31. The summed E-state index contributed by atoms with van der Waals surface area (Å²) in [6.45, 7) is 1.38. The van der Waals surface area contributed by atoms with Gasteiger partial charge in [0.15, 0.2) is 11.9 Å². The molecule has 27 heavy (non-hydrogen) atoms. The highest BCUT2D eigenvalue weighted by molar-refractivity contribution is 6.31. The first-order valence-corrected chi connectivity index (χ1v) is 8.67. The van der Waals surface area contributed by atoms with Gasteiger partial charge in [0.2, 0.25) is 0 Å². The average molecular weight is 392 g/mol. The molecule has 2 N–H and O–H groups in total. The zero-order valence-electron chi connectivity index (χ0n) is 14.9. The molecule has 0 bridgehead atoms. The maximum atomic E-state index is 14.0. The normalized spacial score (nSPS) is 11.0. The van der Waals surface area contributed by atoms with Crippen LogP contribution in [0.25, 0.3) is 11.0 Å². The van der Waals surface area contributed by atoms with E-state index in [1.165, 1.54) is 6.07 Å². The number of carbonyl (C=O) groups is 1. The molecule has 0 radical (unpaired) electrons. The van der Waals surface area contributed by atoms with E-state index in [2.05, 4.69) is 20.5 Å². The molecule has 0 aliphatic heterocycles. The molecule has 0 unspecified atom stereocenters. The van der Waals surface area contributed by atoms with Gasteiger partial charge in [-0.15, -0.1) is 0 Å². The number of nitrogens with zero attached hydrogens (tertiary/aromatic N) is 3. The average Bonchev–Trinajstić information content (AvgIpc) is 3.09. The minimum atomic E-state index is -0.507. The first-order chi connectivity index (χ1) is 13.0. The van der Waals surface area contributed by atoms with Crippen LogP contribution in [0.3, 0.4) is 0 Å². The predicted octanol–water partition coefficient (Wildman–Crippen LogP) is 2.80. The fraction of sp³-hybridized carbons (Fsp3) is 0.278. The summed E-state index contributed by atoms with van der Waals surface area (Å²) in [5.41, 5.74) is 2.08. The number of ether oxygens (including phenoxy) is 1. The van der Waals surface area contributed by atoms with Gasteiger partial charge in [-0.1, -0.05) is 11.6 Å². The lowest BCUT2D eigenvalue weighted by atomic mass is 10.1. The van der Waals surface area contributed by atoms with E-state index in [-0.39, 0.29) is 10.7 Å². The number of hydrogen-bond donors (Lipinski definition) is 2. The number of fused-ring (bicyclic) bond motifs is 1. The number of nitrogens with one attached hydrogen (secondary N) is 2. The first-order valence-electron chi connectivity index (χ1n) is 8.30. The molecule has 0 aliphatic rings. The SMILES string of the molecule is CNCCOc1ccc(F)c(Cl)c1CN(C)c1cnc2[nH]nc(C=O)c2c1. The number of H-pyrrole nitrogens is 1. The van der Waals surface area contributed by atoms with Gasteiger partial charge in [0.25, 0.3) is 0 Å². The van der Waals surface area contributed by atoms with Crippen molar-refractivity contribution in [1.82, 2.24) is 20.5 Å². The Bertz CT molecular complexity index is 962. The van der Waals surface area contributed by atoms with E-state index in [1.807, 2.05) is 19.0 Å². The van der Waals surface area contributed by atoms with Crippen molar-refractivity contribution in [3.05, 3.63) is 46.5 Å². The van der Waals surface area contributed by atoms with Crippen molar-refractivity contribution >= 4 is 34.6 Å². The lowest BCUT2D eigenvalue weighted by molar-refractivity contribution is 0.112. The van der Waals surface area contributed by atoms with Crippen molar-refractivity contribution in [2.24, 2.45) is 0 Å². The van der Waals surface area contributed by atoms with Crippen LogP contribution in [-0.4, -0.2) is 48.7 Å². The van der Waals surface area contributed by atoms with Gasteiger partial charge in [0.05, 0.1) is 22.3 Å². The standard InChI is InChI=1S/C18H19ClFN5O2/c1-21-5-6-27-16-4-3-14(20)17(19)13(16)9-25(2)11-7-12-15(10-26)23-24-18(12)22-8-11/h3-4,7-8,10,21H,5-6,9H2,1-2H3,(H,22,23,24). The molecule has 0 saturated carbocycles. The Morgan fingerprint density at radius 2 is 2.26 bits per heavy atom. The molecule has 0 fully saturated rings. The number of anilines is 1. The van der Waals surface area contributed by atoms with Crippen LogP contribution >= 0.6 is 11.6 Å². The molecule has 0 saturated heterocycles. The van der Waals surface area contributed by atoms with Crippen LogP contribution < -0.4 is 15.0 Å². The van der Waals surface area contributed by atoms with Gasteiger partial charge in [-0.3, -0.25) is 9.89 Å². The molecular weight excluding hydrogens is 373 g/mol. The molecular formula is C18H19ClFN5O2. The van der Waals surface area contributed by atoms with E-state index in [0.29, 0.717) is 48.3 Å². The summed E-state index contributed by atoms with van der Waals surface area (Å²) in [4.78, 5) is 17.2. The smallest absolute Gasteiger partial charge is 0.171 e. The highest BCUT2D eigenvalue weighted by atomic mass is 35.5.